The standard InChI is InChI=1S/C16H13Cl2NO3/c17-11-5-2-1-4-10(11)16(20)19-13-9-15-14(8-12(13)18)21-6-3-7-22-15/h1-2,4-5,8-9H,3,6-7H2,(H,19,20). The third-order valence-corrected chi connectivity index (χ3v) is 3.85. The van der Waals surface area contributed by atoms with Gasteiger partial charge >= 0.3 is 0 Å². The maximum atomic E-state index is 12.3. The van der Waals surface area contributed by atoms with Crippen LogP contribution in [0.25, 0.3) is 0 Å². The second-order valence-corrected chi connectivity index (χ2v) is 5.58. The van der Waals surface area contributed by atoms with Gasteiger partial charge in [0.1, 0.15) is 0 Å². The quantitative estimate of drug-likeness (QED) is 0.882. The summed E-state index contributed by atoms with van der Waals surface area (Å²) in [6.07, 6.45) is 0.799. The van der Waals surface area contributed by atoms with Crippen molar-refractivity contribution in [3.63, 3.8) is 0 Å². The van der Waals surface area contributed by atoms with Crippen molar-refractivity contribution in [2.45, 2.75) is 6.42 Å². The van der Waals surface area contributed by atoms with Crippen molar-refractivity contribution in [1.29, 1.82) is 0 Å². The van der Waals surface area contributed by atoms with Crippen molar-refractivity contribution >= 4 is 34.8 Å². The number of carbonyl (C=O) groups excluding carboxylic acids is 1. The Kier molecular flexibility index (Phi) is 4.41. The van der Waals surface area contributed by atoms with E-state index in [4.69, 9.17) is 32.7 Å². The Labute approximate surface area is 137 Å². The molecule has 1 amide bonds. The van der Waals surface area contributed by atoms with Gasteiger partial charge in [-0.2, -0.15) is 0 Å². The van der Waals surface area contributed by atoms with Crippen LogP contribution >= 0.6 is 23.2 Å². The lowest BCUT2D eigenvalue weighted by molar-refractivity contribution is 0.102. The first-order valence-corrected chi connectivity index (χ1v) is 7.56. The fourth-order valence-corrected chi connectivity index (χ4v) is 2.54. The molecule has 4 nitrogen and oxygen atoms in total. The highest BCUT2D eigenvalue weighted by atomic mass is 35.5. The molecule has 2 aromatic carbocycles. The van der Waals surface area contributed by atoms with Crippen LogP contribution in [0.15, 0.2) is 36.4 Å². The van der Waals surface area contributed by atoms with Crippen LogP contribution in [-0.4, -0.2) is 19.1 Å². The summed E-state index contributed by atoms with van der Waals surface area (Å²) in [5.74, 6) is 0.816. The van der Waals surface area contributed by atoms with Gasteiger partial charge in [0.2, 0.25) is 0 Å². The Hall–Kier alpha value is -1.91. The van der Waals surface area contributed by atoms with Crippen LogP contribution in [0, 0.1) is 0 Å². The first kappa shape index (κ1) is 15.0. The van der Waals surface area contributed by atoms with Gasteiger partial charge in [-0.15, -0.1) is 0 Å². The number of fused-ring (bicyclic) bond motifs is 1. The molecule has 0 atom stereocenters. The zero-order chi connectivity index (χ0) is 15.5. The minimum Gasteiger partial charge on any atom is -0.490 e. The number of halogens is 2. The highest BCUT2D eigenvalue weighted by Crippen LogP contribution is 2.37. The van der Waals surface area contributed by atoms with Gasteiger partial charge in [-0.05, 0) is 12.1 Å². The molecule has 0 aromatic heterocycles. The number of ether oxygens (including phenoxy) is 2. The van der Waals surface area contributed by atoms with Crippen molar-refractivity contribution in [3.8, 4) is 11.5 Å². The molecule has 0 spiro atoms. The van der Waals surface area contributed by atoms with E-state index in [0.29, 0.717) is 46.0 Å². The second-order valence-electron chi connectivity index (χ2n) is 4.76. The Bertz CT molecular complexity index is 719. The maximum Gasteiger partial charge on any atom is 0.257 e. The Morgan fingerprint density at radius 3 is 2.41 bits per heavy atom. The van der Waals surface area contributed by atoms with E-state index in [1.807, 2.05) is 0 Å². The smallest absolute Gasteiger partial charge is 0.257 e. The third-order valence-electron chi connectivity index (χ3n) is 3.20. The van der Waals surface area contributed by atoms with Crippen LogP contribution in [0.3, 0.4) is 0 Å². The van der Waals surface area contributed by atoms with E-state index in [9.17, 15) is 4.79 Å². The zero-order valence-electron chi connectivity index (χ0n) is 11.6. The molecule has 0 fully saturated rings. The first-order chi connectivity index (χ1) is 10.6. The molecular weight excluding hydrogens is 325 g/mol. The third kappa shape index (κ3) is 3.13. The largest absolute Gasteiger partial charge is 0.490 e. The summed E-state index contributed by atoms with van der Waals surface area (Å²) >= 11 is 12.2. The predicted octanol–water partition coefficient (Wildman–Crippen LogP) is 4.41. The van der Waals surface area contributed by atoms with Gasteiger partial charge in [-0.1, -0.05) is 35.3 Å². The Balaban J connectivity index is 1.88. The fraction of sp³-hybridized carbons (Fsp3) is 0.188. The predicted molar refractivity (Wildman–Crippen MR) is 86.5 cm³/mol. The summed E-state index contributed by atoms with van der Waals surface area (Å²) in [7, 11) is 0. The molecule has 114 valence electrons. The van der Waals surface area contributed by atoms with Gasteiger partial charge in [0.15, 0.2) is 11.5 Å². The second kappa shape index (κ2) is 6.46. The number of carbonyl (C=O) groups is 1. The minimum atomic E-state index is -0.331. The number of nitrogens with one attached hydrogen (secondary N) is 1. The number of hydrogen-bond acceptors (Lipinski definition) is 3. The van der Waals surface area contributed by atoms with Crippen LogP contribution < -0.4 is 14.8 Å². The highest BCUT2D eigenvalue weighted by molar-refractivity contribution is 6.36. The van der Waals surface area contributed by atoms with Gasteiger partial charge < -0.3 is 14.8 Å². The lowest BCUT2D eigenvalue weighted by atomic mass is 10.2. The van der Waals surface area contributed by atoms with Crippen molar-refractivity contribution < 1.29 is 14.3 Å². The summed E-state index contributed by atoms with van der Waals surface area (Å²) in [4.78, 5) is 12.3. The highest BCUT2D eigenvalue weighted by Gasteiger charge is 2.17. The molecule has 1 N–H and O–H groups in total. The first-order valence-electron chi connectivity index (χ1n) is 6.80. The molecule has 1 aliphatic heterocycles. The van der Waals surface area contributed by atoms with Crippen molar-refractivity contribution in [1.82, 2.24) is 0 Å². The minimum absolute atomic E-state index is 0.331. The molecule has 2 aromatic rings. The van der Waals surface area contributed by atoms with Gasteiger partial charge in [-0.25, -0.2) is 0 Å². The van der Waals surface area contributed by atoms with Gasteiger partial charge in [-0.3, -0.25) is 4.79 Å². The Morgan fingerprint density at radius 1 is 1.00 bits per heavy atom. The van der Waals surface area contributed by atoms with Crippen molar-refractivity contribution in [3.05, 3.63) is 52.0 Å². The lowest BCUT2D eigenvalue weighted by Gasteiger charge is -2.13. The van der Waals surface area contributed by atoms with Crippen molar-refractivity contribution in [2.24, 2.45) is 0 Å². The molecular formula is C16H13Cl2NO3. The number of anilines is 1. The van der Waals surface area contributed by atoms with E-state index in [2.05, 4.69) is 5.32 Å². The monoisotopic (exact) mass is 337 g/mol. The van der Waals surface area contributed by atoms with E-state index in [1.54, 1.807) is 36.4 Å². The topological polar surface area (TPSA) is 47.6 Å². The van der Waals surface area contributed by atoms with Crippen molar-refractivity contribution in [2.75, 3.05) is 18.5 Å². The summed E-state index contributed by atoms with van der Waals surface area (Å²) in [5.41, 5.74) is 0.836. The summed E-state index contributed by atoms with van der Waals surface area (Å²) < 4.78 is 11.1. The fourth-order valence-electron chi connectivity index (χ4n) is 2.11. The van der Waals surface area contributed by atoms with Crippen LogP contribution in [0.1, 0.15) is 16.8 Å². The normalized spacial score (nSPS) is 13.4. The average molecular weight is 338 g/mol. The molecule has 0 saturated heterocycles. The molecule has 1 aliphatic rings. The summed E-state index contributed by atoms with van der Waals surface area (Å²) in [5, 5.41) is 3.51. The van der Waals surface area contributed by atoms with E-state index in [0.717, 1.165) is 6.42 Å². The maximum absolute atomic E-state index is 12.3. The summed E-state index contributed by atoms with van der Waals surface area (Å²) in [6.45, 7) is 1.14. The van der Waals surface area contributed by atoms with E-state index < -0.39 is 0 Å². The lowest BCUT2D eigenvalue weighted by Crippen LogP contribution is -2.13. The van der Waals surface area contributed by atoms with Crippen LogP contribution in [0.2, 0.25) is 10.0 Å². The van der Waals surface area contributed by atoms with E-state index in [1.165, 1.54) is 0 Å². The van der Waals surface area contributed by atoms with Crippen LogP contribution in [0.4, 0.5) is 5.69 Å². The average Bonchev–Trinajstić information content (AvgIpc) is 2.73. The molecule has 0 unspecified atom stereocenters. The molecule has 0 radical (unpaired) electrons. The molecule has 6 heteroatoms. The van der Waals surface area contributed by atoms with E-state index >= 15 is 0 Å². The zero-order valence-corrected chi connectivity index (χ0v) is 13.1. The van der Waals surface area contributed by atoms with Gasteiger partial charge in [0.05, 0.1) is 34.5 Å². The summed E-state index contributed by atoms with van der Waals surface area (Å²) in [6, 6.07) is 10.1. The molecule has 1 heterocycles. The van der Waals surface area contributed by atoms with Gasteiger partial charge in [0, 0.05) is 18.6 Å². The van der Waals surface area contributed by atoms with Crippen LogP contribution in [-0.2, 0) is 0 Å². The Morgan fingerprint density at radius 2 is 1.68 bits per heavy atom. The van der Waals surface area contributed by atoms with E-state index in [-0.39, 0.29) is 5.91 Å². The van der Waals surface area contributed by atoms with Crippen LogP contribution in [0.5, 0.6) is 11.5 Å². The number of hydrogen-bond donors (Lipinski definition) is 1. The number of benzene rings is 2. The molecule has 22 heavy (non-hydrogen) atoms. The van der Waals surface area contributed by atoms with Gasteiger partial charge in [0.25, 0.3) is 5.91 Å². The molecule has 0 saturated carbocycles. The molecule has 3 rings (SSSR count). The SMILES string of the molecule is O=C(Nc1cc2c(cc1Cl)OCCCO2)c1ccccc1Cl. The molecule has 0 aliphatic carbocycles. The number of amides is 1. The number of rotatable bonds is 2. The molecule has 0 bridgehead atoms.